The van der Waals surface area contributed by atoms with Crippen molar-refractivity contribution >= 4 is 47.3 Å². The van der Waals surface area contributed by atoms with Crippen molar-refractivity contribution in [3.63, 3.8) is 0 Å². The third kappa shape index (κ3) is 11.5. The number of carbonyl (C=O) groups is 6. The molecule has 0 aliphatic heterocycles. The van der Waals surface area contributed by atoms with Crippen molar-refractivity contribution in [3.05, 3.63) is 0 Å². The number of amides is 5. The van der Waals surface area contributed by atoms with E-state index in [1.807, 2.05) is 0 Å². The predicted molar refractivity (Wildman–Crippen MR) is 114 cm³/mol. The Balaban J connectivity index is 5.48. The van der Waals surface area contributed by atoms with Crippen molar-refractivity contribution in [1.29, 1.82) is 0 Å². The van der Waals surface area contributed by atoms with E-state index in [9.17, 15) is 28.8 Å². The van der Waals surface area contributed by atoms with E-state index in [1.54, 1.807) is 6.26 Å². The predicted octanol–water partition coefficient (Wildman–Crippen LogP) is -4.26. The van der Waals surface area contributed by atoms with E-state index in [0.717, 1.165) is 0 Å². The van der Waals surface area contributed by atoms with Crippen molar-refractivity contribution in [2.75, 3.05) is 18.6 Å². The molecule has 4 atom stereocenters. The summed E-state index contributed by atoms with van der Waals surface area (Å²) in [6.07, 6.45) is 0.709. The first kappa shape index (κ1) is 29.1. The second-order valence-corrected chi connectivity index (χ2v) is 7.75. The maximum absolute atomic E-state index is 12.7. The molecule has 0 heterocycles. The number of rotatable bonds is 16. The van der Waals surface area contributed by atoms with Gasteiger partial charge in [0.15, 0.2) is 0 Å². The molecule has 32 heavy (non-hydrogen) atoms. The molecule has 0 rings (SSSR count). The molecule has 4 unspecified atom stereocenters. The summed E-state index contributed by atoms with van der Waals surface area (Å²) in [5.41, 5.74) is 15.5. The van der Waals surface area contributed by atoms with Crippen LogP contribution in [-0.4, -0.2) is 88.5 Å². The fraction of sp³-hybridized carbons (Fsp3) is 0.647. The van der Waals surface area contributed by atoms with E-state index in [1.165, 1.54) is 11.8 Å². The summed E-state index contributed by atoms with van der Waals surface area (Å²) in [5.74, 6) is -5.38. The molecule has 0 spiro atoms. The van der Waals surface area contributed by atoms with Crippen LogP contribution in [0.2, 0.25) is 0 Å². The van der Waals surface area contributed by atoms with Gasteiger partial charge in [0.1, 0.15) is 24.2 Å². The highest BCUT2D eigenvalue weighted by Crippen LogP contribution is 2.05. The van der Waals surface area contributed by atoms with Gasteiger partial charge in [0.05, 0.1) is 13.0 Å². The van der Waals surface area contributed by atoms with E-state index < -0.39 is 72.7 Å². The topological polar surface area (TPSA) is 257 Å². The molecular formula is C17H30N6O8S. The Hall–Kier alpha value is -2.91. The second-order valence-electron chi connectivity index (χ2n) is 6.77. The number of aliphatic carboxylic acids is 1. The monoisotopic (exact) mass is 478 g/mol. The van der Waals surface area contributed by atoms with Gasteiger partial charge in [-0.05, 0) is 24.9 Å². The lowest BCUT2D eigenvalue weighted by molar-refractivity contribution is -0.143. The van der Waals surface area contributed by atoms with Gasteiger partial charge in [0.25, 0.3) is 0 Å². The van der Waals surface area contributed by atoms with E-state index in [-0.39, 0.29) is 19.3 Å². The second kappa shape index (κ2) is 15.0. The summed E-state index contributed by atoms with van der Waals surface area (Å²) in [7, 11) is 0. The van der Waals surface area contributed by atoms with Crippen LogP contribution in [0, 0.1) is 0 Å². The molecule has 0 saturated heterocycles. The summed E-state index contributed by atoms with van der Waals surface area (Å²) in [6.45, 7) is -0.689. The Morgan fingerprint density at radius 1 is 0.844 bits per heavy atom. The molecule has 0 saturated carbocycles. The fourth-order valence-corrected chi connectivity index (χ4v) is 2.84. The standard InChI is InChI=1S/C17H30N6O8S/c1-32-5-4-10(16(29)23-11(17(30)31)6-13(20)26)22-15(28)9(2-3-12(19)25)21-14(27)8(18)7-24/h8-11,24H,2-7,18H2,1H3,(H2,19,25)(H2,20,26)(H,21,27)(H,22,28)(H,23,29)(H,30,31). The van der Waals surface area contributed by atoms with Gasteiger partial charge in [0, 0.05) is 6.42 Å². The Kier molecular flexibility index (Phi) is 13.6. The first-order valence-electron chi connectivity index (χ1n) is 9.48. The van der Waals surface area contributed by atoms with Crippen molar-refractivity contribution in [3.8, 4) is 0 Å². The van der Waals surface area contributed by atoms with Gasteiger partial charge in [-0.1, -0.05) is 0 Å². The molecule has 0 bridgehead atoms. The summed E-state index contributed by atoms with van der Waals surface area (Å²) < 4.78 is 0. The summed E-state index contributed by atoms with van der Waals surface area (Å²) in [4.78, 5) is 70.7. The van der Waals surface area contributed by atoms with Crippen LogP contribution in [0.5, 0.6) is 0 Å². The Bertz CT molecular complexity index is 707. The molecule has 0 aromatic carbocycles. The quantitative estimate of drug-likeness (QED) is 0.106. The van der Waals surface area contributed by atoms with E-state index in [0.29, 0.717) is 5.75 Å². The highest BCUT2D eigenvalue weighted by Gasteiger charge is 2.30. The zero-order valence-corrected chi connectivity index (χ0v) is 18.4. The van der Waals surface area contributed by atoms with Gasteiger partial charge in [-0.25, -0.2) is 4.79 Å². The average molecular weight is 479 g/mol. The summed E-state index contributed by atoms with van der Waals surface area (Å²) >= 11 is 1.35. The van der Waals surface area contributed by atoms with Crippen molar-refractivity contribution < 1.29 is 39.0 Å². The number of nitrogens with one attached hydrogen (secondary N) is 3. The van der Waals surface area contributed by atoms with Gasteiger partial charge < -0.3 is 43.4 Å². The molecule has 0 radical (unpaired) electrons. The first-order chi connectivity index (χ1) is 14.9. The molecule has 5 amide bonds. The van der Waals surface area contributed by atoms with Crippen molar-refractivity contribution in [2.45, 2.75) is 49.9 Å². The van der Waals surface area contributed by atoms with Crippen LogP contribution in [0.3, 0.4) is 0 Å². The lowest BCUT2D eigenvalue weighted by Gasteiger charge is -2.24. The van der Waals surface area contributed by atoms with Crippen molar-refractivity contribution in [2.24, 2.45) is 17.2 Å². The number of hydrogen-bond donors (Lipinski definition) is 8. The number of thioether (sulfide) groups is 1. The lowest BCUT2D eigenvalue weighted by atomic mass is 10.1. The maximum Gasteiger partial charge on any atom is 0.326 e. The van der Waals surface area contributed by atoms with Crippen LogP contribution in [-0.2, 0) is 28.8 Å². The third-order valence-corrected chi connectivity index (χ3v) is 4.75. The van der Waals surface area contributed by atoms with Crippen LogP contribution in [0.1, 0.15) is 25.7 Å². The average Bonchev–Trinajstić information content (AvgIpc) is 2.71. The zero-order valence-electron chi connectivity index (χ0n) is 17.5. The molecule has 0 aliphatic carbocycles. The number of primary amides is 2. The Morgan fingerprint density at radius 2 is 1.34 bits per heavy atom. The number of nitrogens with two attached hydrogens (primary N) is 3. The van der Waals surface area contributed by atoms with E-state index in [2.05, 4.69) is 16.0 Å². The third-order valence-electron chi connectivity index (χ3n) is 4.11. The van der Waals surface area contributed by atoms with Gasteiger partial charge in [0.2, 0.25) is 29.5 Å². The highest BCUT2D eigenvalue weighted by molar-refractivity contribution is 7.98. The number of aliphatic hydroxyl groups excluding tert-OH is 1. The van der Waals surface area contributed by atoms with Gasteiger partial charge >= 0.3 is 5.97 Å². The molecule has 182 valence electrons. The van der Waals surface area contributed by atoms with E-state index in [4.69, 9.17) is 27.4 Å². The SMILES string of the molecule is CSCCC(NC(=O)C(CCC(N)=O)NC(=O)C(N)CO)C(=O)NC(CC(N)=O)C(=O)O. The zero-order chi connectivity index (χ0) is 24.8. The summed E-state index contributed by atoms with van der Waals surface area (Å²) in [5, 5.41) is 24.9. The van der Waals surface area contributed by atoms with Gasteiger partial charge in [-0.15, -0.1) is 0 Å². The van der Waals surface area contributed by atoms with Crippen LogP contribution in [0.25, 0.3) is 0 Å². The molecule has 15 heteroatoms. The highest BCUT2D eigenvalue weighted by atomic mass is 32.2. The van der Waals surface area contributed by atoms with Crippen molar-refractivity contribution in [1.82, 2.24) is 16.0 Å². The minimum absolute atomic E-state index is 0.0916. The molecule has 0 aromatic heterocycles. The number of carbonyl (C=O) groups excluding carboxylic acids is 5. The van der Waals surface area contributed by atoms with Gasteiger partial charge in [-0.3, -0.25) is 24.0 Å². The lowest BCUT2D eigenvalue weighted by Crippen LogP contribution is -2.57. The van der Waals surface area contributed by atoms with Crippen LogP contribution in [0.15, 0.2) is 0 Å². The maximum atomic E-state index is 12.7. The fourth-order valence-electron chi connectivity index (χ4n) is 2.37. The van der Waals surface area contributed by atoms with Crippen LogP contribution in [0.4, 0.5) is 0 Å². The smallest absolute Gasteiger partial charge is 0.326 e. The molecule has 0 aromatic rings. The number of carboxylic acids is 1. The van der Waals surface area contributed by atoms with Gasteiger partial charge in [-0.2, -0.15) is 11.8 Å². The summed E-state index contributed by atoms with van der Waals surface area (Å²) in [6, 6.07) is -5.44. The number of aliphatic hydroxyl groups is 1. The Morgan fingerprint density at radius 3 is 1.78 bits per heavy atom. The molecule has 11 N–H and O–H groups in total. The van der Waals surface area contributed by atoms with E-state index >= 15 is 0 Å². The van der Waals surface area contributed by atoms with Crippen LogP contribution < -0.4 is 33.2 Å². The minimum atomic E-state index is -1.60. The Labute approximate surface area is 188 Å². The minimum Gasteiger partial charge on any atom is -0.480 e. The largest absolute Gasteiger partial charge is 0.480 e. The number of hydrogen-bond acceptors (Lipinski definition) is 9. The number of carboxylic acid groups (broad SMARTS) is 1. The molecule has 14 nitrogen and oxygen atoms in total. The first-order valence-corrected chi connectivity index (χ1v) is 10.9. The molecular weight excluding hydrogens is 448 g/mol. The molecule has 0 aliphatic rings. The van der Waals surface area contributed by atoms with Crippen LogP contribution >= 0.6 is 11.8 Å². The normalized spacial score (nSPS) is 14.3. The molecule has 0 fully saturated rings.